The van der Waals surface area contributed by atoms with Crippen LogP contribution in [0.4, 0.5) is 5.69 Å². The molecule has 2 aromatic carbocycles. The minimum Gasteiger partial charge on any atom is -0.436 e. The van der Waals surface area contributed by atoms with E-state index in [9.17, 15) is 0 Å². The van der Waals surface area contributed by atoms with Crippen molar-refractivity contribution in [3.63, 3.8) is 0 Å². The topological polar surface area (TPSA) is 52.0 Å². The van der Waals surface area contributed by atoms with Crippen LogP contribution >= 0.6 is 22.6 Å². The molecular weight excluding hydrogens is 351 g/mol. The molecular formula is C15H13IN2O. The normalized spacial score (nSPS) is 11.1. The summed E-state index contributed by atoms with van der Waals surface area (Å²) in [5.74, 6) is 0.645. The number of hydrogen-bond donors (Lipinski definition) is 1. The van der Waals surface area contributed by atoms with Crippen LogP contribution < -0.4 is 5.73 Å². The summed E-state index contributed by atoms with van der Waals surface area (Å²) in [5.41, 5.74) is 10.4. The van der Waals surface area contributed by atoms with Crippen LogP contribution in [0.5, 0.6) is 0 Å². The van der Waals surface area contributed by atoms with Crippen LogP contribution in [0.2, 0.25) is 0 Å². The Morgan fingerprint density at radius 1 is 1.21 bits per heavy atom. The first-order valence-corrected chi connectivity index (χ1v) is 7.20. The number of halogens is 1. The second-order valence-corrected chi connectivity index (χ2v) is 5.65. The second kappa shape index (κ2) is 4.85. The van der Waals surface area contributed by atoms with Gasteiger partial charge in [-0.1, -0.05) is 6.92 Å². The Kier molecular flexibility index (Phi) is 3.18. The summed E-state index contributed by atoms with van der Waals surface area (Å²) in [6.45, 7) is 2.08. The zero-order chi connectivity index (χ0) is 13.4. The highest BCUT2D eigenvalue weighted by atomic mass is 127. The van der Waals surface area contributed by atoms with Gasteiger partial charge in [0.2, 0.25) is 5.89 Å². The summed E-state index contributed by atoms with van der Waals surface area (Å²) in [6.07, 6.45) is 0.878. The van der Waals surface area contributed by atoms with E-state index < -0.39 is 0 Å². The zero-order valence-electron chi connectivity index (χ0n) is 10.5. The number of nitrogen functional groups attached to an aromatic ring is 1. The maximum absolute atomic E-state index is 5.90. The number of rotatable bonds is 2. The number of oxazole rings is 1. The van der Waals surface area contributed by atoms with Crippen LogP contribution in [0, 0.1) is 3.57 Å². The summed E-state index contributed by atoms with van der Waals surface area (Å²) in [4.78, 5) is 4.53. The summed E-state index contributed by atoms with van der Waals surface area (Å²) >= 11 is 2.28. The maximum Gasteiger partial charge on any atom is 0.227 e. The molecule has 3 aromatic rings. The van der Waals surface area contributed by atoms with Gasteiger partial charge in [0.1, 0.15) is 5.52 Å². The van der Waals surface area contributed by atoms with Crippen LogP contribution in [-0.4, -0.2) is 4.98 Å². The largest absolute Gasteiger partial charge is 0.436 e. The van der Waals surface area contributed by atoms with Gasteiger partial charge in [0.15, 0.2) is 5.58 Å². The van der Waals surface area contributed by atoms with Gasteiger partial charge in [0, 0.05) is 14.8 Å². The van der Waals surface area contributed by atoms with E-state index in [-0.39, 0.29) is 0 Å². The van der Waals surface area contributed by atoms with Crippen molar-refractivity contribution >= 4 is 39.4 Å². The molecule has 0 aliphatic rings. The number of aromatic nitrogens is 1. The van der Waals surface area contributed by atoms with Gasteiger partial charge >= 0.3 is 0 Å². The predicted molar refractivity (Wildman–Crippen MR) is 86.0 cm³/mol. The number of anilines is 1. The number of aryl methyl sites for hydroxylation is 1. The summed E-state index contributed by atoms with van der Waals surface area (Å²) < 4.78 is 7.09. The summed E-state index contributed by atoms with van der Waals surface area (Å²) in [5, 5.41) is 0. The Bertz CT molecular complexity index is 732. The molecule has 96 valence electrons. The first-order chi connectivity index (χ1) is 9.17. The summed E-state index contributed by atoms with van der Waals surface area (Å²) in [7, 11) is 0. The van der Waals surface area contributed by atoms with Crippen molar-refractivity contribution < 1.29 is 4.42 Å². The van der Waals surface area contributed by atoms with E-state index in [0.29, 0.717) is 5.89 Å². The first-order valence-electron chi connectivity index (χ1n) is 6.12. The van der Waals surface area contributed by atoms with Crippen molar-refractivity contribution in [2.75, 3.05) is 5.73 Å². The van der Waals surface area contributed by atoms with Gasteiger partial charge in [-0.25, -0.2) is 4.98 Å². The van der Waals surface area contributed by atoms with E-state index in [1.165, 1.54) is 3.57 Å². The molecule has 0 unspecified atom stereocenters. The van der Waals surface area contributed by atoms with Crippen LogP contribution in [0.25, 0.3) is 22.6 Å². The molecule has 0 spiro atoms. The highest BCUT2D eigenvalue weighted by Gasteiger charge is 2.11. The van der Waals surface area contributed by atoms with Crippen LogP contribution in [0.15, 0.2) is 40.8 Å². The van der Waals surface area contributed by atoms with Gasteiger partial charge in [0.25, 0.3) is 0 Å². The second-order valence-electron chi connectivity index (χ2n) is 4.41. The zero-order valence-corrected chi connectivity index (χ0v) is 12.6. The Balaban J connectivity index is 2.18. The third kappa shape index (κ3) is 2.32. The lowest BCUT2D eigenvalue weighted by Gasteiger charge is -1.98. The van der Waals surface area contributed by atoms with E-state index in [1.54, 1.807) is 0 Å². The van der Waals surface area contributed by atoms with Crippen molar-refractivity contribution in [1.29, 1.82) is 0 Å². The van der Waals surface area contributed by atoms with E-state index in [2.05, 4.69) is 34.5 Å². The Morgan fingerprint density at radius 2 is 1.95 bits per heavy atom. The third-order valence-corrected chi connectivity index (χ3v) is 3.78. The lowest BCUT2D eigenvalue weighted by Crippen LogP contribution is -1.88. The molecule has 2 N–H and O–H groups in total. The van der Waals surface area contributed by atoms with Gasteiger partial charge < -0.3 is 10.2 Å². The van der Waals surface area contributed by atoms with Gasteiger partial charge in [0.05, 0.1) is 0 Å². The molecule has 4 heteroatoms. The molecule has 1 heterocycles. The SMILES string of the molecule is CCc1cc(N)cc2nc(-c3ccc(I)cc3)oc12. The van der Waals surface area contributed by atoms with Crippen molar-refractivity contribution in [3.8, 4) is 11.5 Å². The van der Waals surface area contributed by atoms with Crippen molar-refractivity contribution in [2.24, 2.45) is 0 Å². The van der Waals surface area contributed by atoms with Gasteiger partial charge in [-0.3, -0.25) is 0 Å². The minimum atomic E-state index is 0.645. The summed E-state index contributed by atoms with van der Waals surface area (Å²) in [6, 6.07) is 11.9. The van der Waals surface area contributed by atoms with E-state index in [1.807, 2.05) is 36.4 Å². The van der Waals surface area contributed by atoms with Crippen LogP contribution in [0.3, 0.4) is 0 Å². The van der Waals surface area contributed by atoms with Crippen molar-refractivity contribution in [1.82, 2.24) is 4.98 Å². The molecule has 0 aliphatic heterocycles. The average Bonchev–Trinajstić information content (AvgIpc) is 2.82. The fourth-order valence-electron chi connectivity index (χ4n) is 2.10. The molecule has 0 saturated carbocycles. The number of benzene rings is 2. The average molecular weight is 364 g/mol. The van der Waals surface area contributed by atoms with E-state index >= 15 is 0 Å². The molecule has 0 aliphatic carbocycles. The Hall–Kier alpha value is -1.56. The van der Waals surface area contributed by atoms with Gasteiger partial charge in [-0.15, -0.1) is 0 Å². The molecule has 0 atom stereocenters. The molecule has 0 radical (unpaired) electrons. The van der Waals surface area contributed by atoms with Crippen molar-refractivity contribution in [3.05, 3.63) is 45.5 Å². The fourth-order valence-corrected chi connectivity index (χ4v) is 2.46. The predicted octanol–water partition coefficient (Wildman–Crippen LogP) is 4.24. The molecule has 0 saturated heterocycles. The number of nitrogens with zero attached hydrogens (tertiary/aromatic N) is 1. The Morgan fingerprint density at radius 3 is 2.63 bits per heavy atom. The standard InChI is InChI=1S/C15H13IN2O/c1-2-9-7-12(17)8-13-14(9)19-15(18-13)10-3-5-11(16)6-4-10/h3-8H,2,17H2,1H3. The number of hydrogen-bond acceptors (Lipinski definition) is 3. The first kappa shape index (κ1) is 12.5. The highest BCUT2D eigenvalue weighted by Crippen LogP contribution is 2.29. The molecule has 0 fully saturated rings. The van der Waals surface area contributed by atoms with Crippen LogP contribution in [-0.2, 0) is 6.42 Å². The minimum absolute atomic E-state index is 0.645. The lowest BCUT2D eigenvalue weighted by molar-refractivity contribution is 0.615. The fraction of sp³-hybridized carbons (Fsp3) is 0.133. The van der Waals surface area contributed by atoms with Gasteiger partial charge in [-0.2, -0.15) is 0 Å². The number of fused-ring (bicyclic) bond motifs is 1. The third-order valence-electron chi connectivity index (χ3n) is 3.06. The highest BCUT2D eigenvalue weighted by molar-refractivity contribution is 14.1. The Labute approximate surface area is 125 Å². The molecule has 0 amide bonds. The number of nitrogens with two attached hydrogens (primary N) is 1. The molecule has 3 nitrogen and oxygen atoms in total. The smallest absolute Gasteiger partial charge is 0.227 e. The monoisotopic (exact) mass is 364 g/mol. The molecule has 1 aromatic heterocycles. The van der Waals surface area contributed by atoms with Gasteiger partial charge in [-0.05, 0) is 71.0 Å². The molecule has 0 bridgehead atoms. The quantitative estimate of drug-likeness (QED) is 0.547. The van der Waals surface area contributed by atoms with E-state index in [4.69, 9.17) is 10.2 Å². The maximum atomic E-state index is 5.90. The van der Waals surface area contributed by atoms with Crippen LogP contribution in [0.1, 0.15) is 12.5 Å². The molecule has 19 heavy (non-hydrogen) atoms. The lowest BCUT2D eigenvalue weighted by atomic mass is 10.1. The molecule has 3 rings (SSSR count). The van der Waals surface area contributed by atoms with E-state index in [0.717, 1.165) is 34.3 Å². The van der Waals surface area contributed by atoms with Crippen molar-refractivity contribution in [2.45, 2.75) is 13.3 Å².